The van der Waals surface area contributed by atoms with Gasteiger partial charge in [-0.1, -0.05) is 0 Å². The lowest BCUT2D eigenvalue weighted by molar-refractivity contribution is 0.0125. The summed E-state index contributed by atoms with van der Waals surface area (Å²) in [4.78, 5) is 27.3. The fraction of sp³-hybridized carbons (Fsp3) is 0.500. The highest BCUT2D eigenvalue weighted by molar-refractivity contribution is 5.89. The van der Waals surface area contributed by atoms with Crippen molar-refractivity contribution in [2.24, 2.45) is 0 Å². The number of rotatable bonds is 6. The molecule has 0 bridgehead atoms. The molecule has 5 rings (SSSR count). The number of piperidine rings is 1. The summed E-state index contributed by atoms with van der Waals surface area (Å²) < 4.78 is 49.8. The standard InChI is InChI=1S/C26H32F3N9O2/c1-14-31-19-7-6-17(32-23(19)37(14)13-20(28)29)15-8-11-38-21(15)22(30-5)34-24(35-38)33-18-9-10-36(12-16(18)27)25(39)40-26(2,3)4/h6-8,11,16,18,20H,9-10,12-13H2,1-5H3,(H2,30,33,34,35)/t16-,18+/m0/s1. The number of fused-ring (bicyclic) bond motifs is 2. The molecule has 2 N–H and O–H groups in total. The Bertz CT molecular complexity index is 1550. The molecule has 1 saturated heterocycles. The predicted octanol–water partition coefficient (Wildman–Crippen LogP) is 4.52. The van der Waals surface area contributed by atoms with Gasteiger partial charge in [-0.25, -0.2) is 32.4 Å². The maximum absolute atomic E-state index is 15.1. The number of likely N-dealkylation sites (tertiary alicyclic amines) is 1. The first-order valence-electron chi connectivity index (χ1n) is 13.0. The number of pyridine rings is 1. The summed E-state index contributed by atoms with van der Waals surface area (Å²) >= 11 is 0. The number of alkyl halides is 3. The molecule has 214 valence electrons. The van der Waals surface area contributed by atoms with E-state index in [1.165, 1.54) is 9.47 Å². The molecule has 5 heterocycles. The highest BCUT2D eigenvalue weighted by atomic mass is 19.3. The summed E-state index contributed by atoms with van der Waals surface area (Å²) in [6, 6.07) is 4.73. The number of carbonyl (C=O) groups is 1. The number of aryl methyl sites for hydroxylation is 1. The third kappa shape index (κ3) is 5.47. The molecule has 0 saturated carbocycles. The average molecular weight is 560 g/mol. The molecule has 2 atom stereocenters. The number of ether oxygens (including phenoxy) is 1. The van der Waals surface area contributed by atoms with E-state index >= 15 is 4.39 Å². The fourth-order valence-electron chi connectivity index (χ4n) is 4.81. The van der Waals surface area contributed by atoms with Crippen molar-refractivity contribution in [1.29, 1.82) is 0 Å². The number of imidazole rings is 1. The molecule has 11 nitrogen and oxygen atoms in total. The van der Waals surface area contributed by atoms with Gasteiger partial charge in [-0.3, -0.25) is 0 Å². The SMILES string of the molecule is CNc1nc(N[C@@H]2CCN(C(=O)OC(C)(C)C)C[C@@H]2F)nn2ccc(-c3ccc4nc(C)n(CC(F)F)c4n3)c12. The van der Waals surface area contributed by atoms with Crippen LogP contribution in [0.15, 0.2) is 24.4 Å². The van der Waals surface area contributed by atoms with E-state index in [4.69, 9.17) is 4.74 Å². The van der Waals surface area contributed by atoms with E-state index in [1.54, 1.807) is 63.7 Å². The minimum absolute atomic E-state index is 0.100. The van der Waals surface area contributed by atoms with Crippen LogP contribution in [0.5, 0.6) is 0 Å². The average Bonchev–Trinajstić information content (AvgIpc) is 3.44. The van der Waals surface area contributed by atoms with E-state index in [-0.39, 0.29) is 12.5 Å². The Balaban J connectivity index is 1.39. The highest BCUT2D eigenvalue weighted by Crippen LogP contribution is 2.31. The number of hydrogen-bond donors (Lipinski definition) is 2. The van der Waals surface area contributed by atoms with Crippen LogP contribution in [0, 0.1) is 6.92 Å². The third-order valence-electron chi connectivity index (χ3n) is 6.64. The van der Waals surface area contributed by atoms with Gasteiger partial charge < -0.3 is 24.8 Å². The smallest absolute Gasteiger partial charge is 0.410 e. The third-order valence-corrected chi connectivity index (χ3v) is 6.64. The van der Waals surface area contributed by atoms with Crippen LogP contribution in [-0.2, 0) is 11.3 Å². The number of hydrogen-bond acceptors (Lipinski definition) is 8. The molecule has 0 radical (unpaired) electrons. The number of nitrogens with one attached hydrogen (secondary N) is 2. The van der Waals surface area contributed by atoms with Crippen molar-refractivity contribution in [2.75, 3.05) is 30.8 Å². The molecule has 4 aromatic rings. The van der Waals surface area contributed by atoms with E-state index < -0.39 is 36.9 Å². The number of anilines is 2. The van der Waals surface area contributed by atoms with Gasteiger partial charge in [-0.05, 0) is 52.3 Å². The summed E-state index contributed by atoms with van der Waals surface area (Å²) in [7, 11) is 1.71. The van der Waals surface area contributed by atoms with Crippen molar-refractivity contribution in [3.05, 3.63) is 30.2 Å². The summed E-state index contributed by atoms with van der Waals surface area (Å²) in [6.07, 6.45) is -2.35. The zero-order chi connectivity index (χ0) is 28.8. The highest BCUT2D eigenvalue weighted by Gasteiger charge is 2.34. The van der Waals surface area contributed by atoms with Crippen molar-refractivity contribution in [1.82, 2.24) is 34.0 Å². The van der Waals surface area contributed by atoms with Gasteiger partial charge in [0, 0.05) is 25.4 Å². The number of amides is 1. The lowest BCUT2D eigenvalue weighted by Crippen LogP contribution is -2.51. The predicted molar refractivity (Wildman–Crippen MR) is 145 cm³/mol. The topological polar surface area (TPSA) is 115 Å². The second kappa shape index (κ2) is 10.5. The normalized spacial score (nSPS) is 18.1. The quantitative estimate of drug-likeness (QED) is 0.355. The van der Waals surface area contributed by atoms with Crippen LogP contribution in [0.4, 0.5) is 29.7 Å². The Hall–Kier alpha value is -4.10. The number of halogens is 3. The minimum Gasteiger partial charge on any atom is -0.444 e. The summed E-state index contributed by atoms with van der Waals surface area (Å²) in [5.41, 5.74) is 2.09. The molecule has 0 spiro atoms. The summed E-state index contributed by atoms with van der Waals surface area (Å²) in [5.74, 6) is 1.14. The van der Waals surface area contributed by atoms with Crippen LogP contribution in [0.25, 0.3) is 27.9 Å². The first-order valence-corrected chi connectivity index (χ1v) is 13.0. The molecular formula is C26H32F3N9O2. The summed E-state index contributed by atoms with van der Waals surface area (Å²) in [6.45, 7) is 6.70. The Kier molecular flexibility index (Phi) is 7.19. The Morgan fingerprint density at radius 1 is 1.20 bits per heavy atom. The largest absolute Gasteiger partial charge is 0.444 e. The number of nitrogens with zero attached hydrogens (tertiary/aromatic N) is 7. The molecule has 4 aromatic heterocycles. The van der Waals surface area contributed by atoms with E-state index in [0.29, 0.717) is 52.5 Å². The van der Waals surface area contributed by atoms with Gasteiger partial charge in [-0.2, -0.15) is 4.98 Å². The monoisotopic (exact) mass is 559 g/mol. The van der Waals surface area contributed by atoms with Gasteiger partial charge in [0.05, 0.1) is 24.8 Å². The lowest BCUT2D eigenvalue weighted by atomic mass is 10.0. The molecule has 14 heteroatoms. The summed E-state index contributed by atoms with van der Waals surface area (Å²) in [5, 5.41) is 10.7. The first-order chi connectivity index (χ1) is 18.9. The molecular weight excluding hydrogens is 527 g/mol. The van der Waals surface area contributed by atoms with Gasteiger partial charge in [0.1, 0.15) is 28.6 Å². The molecule has 1 fully saturated rings. The first kappa shape index (κ1) is 27.5. The molecule has 1 aliphatic rings. The van der Waals surface area contributed by atoms with Crippen LogP contribution >= 0.6 is 0 Å². The molecule has 40 heavy (non-hydrogen) atoms. The Labute approximate surface area is 228 Å². The second-order valence-corrected chi connectivity index (χ2v) is 10.7. The van der Waals surface area contributed by atoms with Crippen molar-refractivity contribution >= 4 is 34.5 Å². The fourth-order valence-corrected chi connectivity index (χ4v) is 4.81. The Morgan fingerprint density at radius 2 is 1.98 bits per heavy atom. The molecule has 0 unspecified atom stereocenters. The number of carbonyl (C=O) groups excluding carboxylic acids is 1. The maximum atomic E-state index is 15.1. The lowest BCUT2D eigenvalue weighted by Gasteiger charge is -2.35. The van der Waals surface area contributed by atoms with Crippen LogP contribution in [0.3, 0.4) is 0 Å². The van der Waals surface area contributed by atoms with Crippen molar-refractivity contribution in [3.8, 4) is 11.3 Å². The number of aromatic nitrogens is 6. The zero-order valence-corrected chi connectivity index (χ0v) is 23.0. The van der Waals surface area contributed by atoms with Crippen molar-refractivity contribution in [2.45, 2.75) is 64.9 Å². The van der Waals surface area contributed by atoms with Gasteiger partial charge in [-0.15, -0.1) is 5.10 Å². The Morgan fingerprint density at radius 3 is 2.65 bits per heavy atom. The van der Waals surface area contributed by atoms with Gasteiger partial charge in [0.25, 0.3) is 6.43 Å². The van der Waals surface area contributed by atoms with E-state index in [1.807, 2.05) is 0 Å². The van der Waals surface area contributed by atoms with Crippen molar-refractivity contribution < 1.29 is 22.7 Å². The van der Waals surface area contributed by atoms with Crippen LogP contribution in [-0.4, -0.2) is 84.5 Å². The van der Waals surface area contributed by atoms with Crippen LogP contribution < -0.4 is 10.6 Å². The van der Waals surface area contributed by atoms with Gasteiger partial charge in [0.2, 0.25) is 5.95 Å². The zero-order valence-electron chi connectivity index (χ0n) is 23.0. The van der Waals surface area contributed by atoms with Gasteiger partial charge in [0.15, 0.2) is 11.5 Å². The van der Waals surface area contributed by atoms with Crippen LogP contribution in [0.1, 0.15) is 33.0 Å². The van der Waals surface area contributed by atoms with E-state index in [2.05, 4.69) is 30.7 Å². The minimum atomic E-state index is -2.54. The molecule has 0 aromatic carbocycles. The van der Waals surface area contributed by atoms with E-state index in [0.717, 1.165) is 0 Å². The van der Waals surface area contributed by atoms with Crippen molar-refractivity contribution in [3.63, 3.8) is 0 Å². The van der Waals surface area contributed by atoms with Crippen LogP contribution in [0.2, 0.25) is 0 Å². The maximum Gasteiger partial charge on any atom is 0.410 e. The molecule has 0 aliphatic carbocycles. The second-order valence-electron chi connectivity index (χ2n) is 10.7. The van der Waals surface area contributed by atoms with Gasteiger partial charge >= 0.3 is 6.09 Å². The molecule has 1 amide bonds. The van der Waals surface area contributed by atoms with E-state index in [9.17, 15) is 13.6 Å². The molecule has 1 aliphatic heterocycles.